The topological polar surface area (TPSA) is 80.5 Å². The number of hydrogen-bond acceptors (Lipinski definition) is 4. The summed E-state index contributed by atoms with van der Waals surface area (Å²) in [5.41, 5.74) is 0.642. The Bertz CT molecular complexity index is 363. The van der Waals surface area contributed by atoms with Crippen LogP contribution < -0.4 is 11.7 Å². The second-order valence-corrected chi connectivity index (χ2v) is 4.11. The molecule has 0 aromatic carbocycles. The predicted octanol–water partition coefficient (Wildman–Crippen LogP) is 1.05. The van der Waals surface area contributed by atoms with Crippen LogP contribution in [0.5, 0.6) is 0 Å². The van der Waals surface area contributed by atoms with Crippen LogP contribution in [0.3, 0.4) is 0 Å². The van der Waals surface area contributed by atoms with Gasteiger partial charge >= 0.3 is 0 Å². The minimum absolute atomic E-state index is 0.105. The molecule has 0 saturated carbocycles. The van der Waals surface area contributed by atoms with E-state index in [1.54, 1.807) is 6.07 Å². The fraction of sp³-hybridized carbons (Fsp3) is 0.333. The van der Waals surface area contributed by atoms with Gasteiger partial charge in [0.05, 0.1) is 0 Å². The first-order valence-corrected chi connectivity index (χ1v) is 5.30. The highest BCUT2D eigenvalue weighted by molar-refractivity contribution is 9.10. The van der Waals surface area contributed by atoms with Gasteiger partial charge in [0.25, 0.3) is 0 Å². The molecule has 0 aliphatic carbocycles. The fourth-order valence-corrected chi connectivity index (χ4v) is 1.39. The van der Waals surface area contributed by atoms with E-state index in [1.165, 1.54) is 5.01 Å². The number of aromatic nitrogens is 1. The third-order valence-corrected chi connectivity index (χ3v) is 2.31. The molecule has 4 N–H and O–H groups in total. The van der Waals surface area contributed by atoms with Crippen molar-refractivity contribution in [2.24, 2.45) is 16.8 Å². The Morgan fingerprint density at radius 1 is 1.53 bits per heavy atom. The van der Waals surface area contributed by atoms with Crippen molar-refractivity contribution in [2.45, 2.75) is 19.9 Å². The number of nitrogens with zero attached hydrogens (tertiary/aromatic N) is 3. The van der Waals surface area contributed by atoms with Gasteiger partial charge in [-0.3, -0.25) is 5.01 Å². The summed E-state index contributed by atoms with van der Waals surface area (Å²) in [6.07, 6.45) is 0. The molecule has 0 amide bonds. The van der Waals surface area contributed by atoms with Crippen molar-refractivity contribution in [1.82, 2.24) is 9.99 Å². The molecule has 1 rings (SSSR count). The quantitative estimate of drug-likeness (QED) is 0.277. The van der Waals surface area contributed by atoms with Gasteiger partial charge in [0, 0.05) is 6.04 Å². The SMILES string of the molecule is CC(C)N(N)/C(=N\N)c1cccc(Br)n1. The third-order valence-electron chi connectivity index (χ3n) is 1.87. The van der Waals surface area contributed by atoms with Crippen LogP contribution in [0.2, 0.25) is 0 Å². The summed E-state index contributed by atoms with van der Waals surface area (Å²) in [6.45, 7) is 3.90. The second kappa shape index (κ2) is 5.09. The first-order chi connectivity index (χ1) is 7.06. The van der Waals surface area contributed by atoms with Crippen LogP contribution in [0, 0.1) is 0 Å². The standard InChI is InChI=1S/C9H14BrN5/c1-6(2)15(12)9(14-11)7-4-3-5-8(10)13-7/h3-6H,11-12H2,1-2H3/b14-9-. The van der Waals surface area contributed by atoms with E-state index in [2.05, 4.69) is 26.0 Å². The Hall–Kier alpha value is -1.14. The molecule has 0 bridgehead atoms. The molecule has 0 unspecified atom stereocenters. The van der Waals surface area contributed by atoms with Gasteiger partial charge in [0.15, 0.2) is 5.84 Å². The van der Waals surface area contributed by atoms with E-state index < -0.39 is 0 Å². The van der Waals surface area contributed by atoms with Crippen LogP contribution in [0.15, 0.2) is 27.9 Å². The molecule has 6 heteroatoms. The molecule has 5 nitrogen and oxygen atoms in total. The maximum absolute atomic E-state index is 5.82. The molecular formula is C9H14BrN5. The van der Waals surface area contributed by atoms with E-state index in [4.69, 9.17) is 11.7 Å². The second-order valence-electron chi connectivity index (χ2n) is 3.30. The van der Waals surface area contributed by atoms with Crippen molar-refractivity contribution in [3.05, 3.63) is 28.5 Å². The molecule has 0 spiro atoms. The van der Waals surface area contributed by atoms with Crippen LogP contribution >= 0.6 is 15.9 Å². The largest absolute Gasteiger partial charge is 0.321 e. The average molecular weight is 272 g/mol. The number of amidine groups is 1. The molecule has 82 valence electrons. The molecule has 0 aliphatic rings. The van der Waals surface area contributed by atoms with Gasteiger partial charge in [-0.05, 0) is 41.9 Å². The van der Waals surface area contributed by atoms with Crippen molar-refractivity contribution >= 4 is 21.8 Å². The van der Waals surface area contributed by atoms with Crippen LogP contribution in [0.1, 0.15) is 19.5 Å². The van der Waals surface area contributed by atoms with E-state index in [9.17, 15) is 0 Å². The number of halogens is 1. The Kier molecular flexibility index (Phi) is 4.05. The first kappa shape index (κ1) is 11.9. The summed E-state index contributed by atoms with van der Waals surface area (Å²) in [6, 6.07) is 5.59. The van der Waals surface area contributed by atoms with E-state index in [1.807, 2.05) is 26.0 Å². The van der Waals surface area contributed by atoms with Crippen LogP contribution in [-0.2, 0) is 0 Å². The average Bonchev–Trinajstić information content (AvgIpc) is 2.18. The van der Waals surface area contributed by atoms with Crippen LogP contribution in [-0.4, -0.2) is 21.9 Å². The Morgan fingerprint density at radius 3 is 2.67 bits per heavy atom. The van der Waals surface area contributed by atoms with Gasteiger partial charge in [0.1, 0.15) is 10.3 Å². The minimum Gasteiger partial charge on any atom is -0.321 e. The Balaban J connectivity index is 3.04. The number of hydrogen-bond donors (Lipinski definition) is 2. The monoisotopic (exact) mass is 271 g/mol. The van der Waals surface area contributed by atoms with Gasteiger partial charge in [-0.1, -0.05) is 6.07 Å². The lowest BCUT2D eigenvalue weighted by Gasteiger charge is -2.23. The number of hydrazone groups is 1. The predicted molar refractivity (Wildman–Crippen MR) is 63.8 cm³/mol. The summed E-state index contributed by atoms with van der Waals surface area (Å²) in [5.74, 6) is 11.6. The molecule has 1 aromatic rings. The first-order valence-electron chi connectivity index (χ1n) is 4.51. The Labute approximate surface area is 97.3 Å². The molecule has 1 aromatic heterocycles. The van der Waals surface area contributed by atoms with E-state index >= 15 is 0 Å². The van der Waals surface area contributed by atoms with Gasteiger partial charge in [-0.2, -0.15) is 5.10 Å². The molecule has 0 saturated heterocycles. The highest BCUT2D eigenvalue weighted by Gasteiger charge is 2.14. The fourth-order valence-electron chi connectivity index (χ4n) is 1.04. The minimum atomic E-state index is 0.105. The Morgan fingerprint density at radius 2 is 2.20 bits per heavy atom. The molecule has 1 heterocycles. The number of pyridine rings is 1. The number of nitrogens with two attached hydrogens (primary N) is 2. The van der Waals surface area contributed by atoms with E-state index in [0.717, 1.165) is 4.60 Å². The highest BCUT2D eigenvalue weighted by atomic mass is 79.9. The lowest BCUT2D eigenvalue weighted by Crippen LogP contribution is -2.44. The smallest absolute Gasteiger partial charge is 0.188 e. The lowest BCUT2D eigenvalue weighted by molar-refractivity contribution is 0.362. The summed E-state index contributed by atoms with van der Waals surface area (Å²) in [7, 11) is 0. The number of rotatable bonds is 2. The maximum atomic E-state index is 5.82. The van der Waals surface area contributed by atoms with Gasteiger partial charge in [-0.15, -0.1) is 0 Å². The highest BCUT2D eigenvalue weighted by Crippen LogP contribution is 2.09. The molecular weight excluding hydrogens is 258 g/mol. The zero-order chi connectivity index (χ0) is 11.4. The molecule has 0 atom stereocenters. The maximum Gasteiger partial charge on any atom is 0.188 e. The zero-order valence-electron chi connectivity index (χ0n) is 8.68. The molecule has 15 heavy (non-hydrogen) atoms. The van der Waals surface area contributed by atoms with E-state index in [0.29, 0.717) is 11.5 Å². The van der Waals surface area contributed by atoms with Gasteiger partial charge in [0.2, 0.25) is 0 Å². The van der Waals surface area contributed by atoms with Crippen molar-refractivity contribution < 1.29 is 0 Å². The molecule has 0 fully saturated rings. The van der Waals surface area contributed by atoms with Crippen molar-refractivity contribution in [3.8, 4) is 0 Å². The van der Waals surface area contributed by atoms with Crippen molar-refractivity contribution in [1.29, 1.82) is 0 Å². The normalized spacial score (nSPS) is 11.9. The third kappa shape index (κ3) is 2.90. The number of hydrazine groups is 1. The summed E-state index contributed by atoms with van der Waals surface area (Å²) >= 11 is 3.28. The van der Waals surface area contributed by atoms with Crippen molar-refractivity contribution in [3.63, 3.8) is 0 Å². The summed E-state index contributed by atoms with van der Waals surface area (Å²) < 4.78 is 0.721. The van der Waals surface area contributed by atoms with Crippen molar-refractivity contribution in [2.75, 3.05) is 0 Å². The molecule has 0 aliphatic heterocycles. The van der Waals surface area contributed by atoms with Crippen LogP contribution in [0.4, 0.5) is 0 Å². The van der Waals surface area contributed by atoms with Crippen LogP contribution in [0.25, 0.3) is 0 Å². The van der Waals surface area contributed by atoms with Gasteiger partial charge < -0.3 is 5.84 Å². The lowest BCUT2D eigenvalue weighted by atomic mass is 10.3. The van der Waals surface area contributed by atoms with E-state index in [-0.39, 0.29) is 6.04 Å². The molecule has 0 radical (unpaired) electrons. The summed E-state index contributed by atoms with van der Waals surface area (Å²) in [4.78, 5) is 4.23. The van der Waals surface area contributed by atoms with Gasteiger partial charge in [-0.25, -0.2) is 10.8 Å². The summed E-state index contributed by atoms with van der Waals surface area (Å²) in [5, 5.41) is 5.14. The zero-order valence-corrected chi connectivity index (χ0v) is 10.3.